The highest BCUT2D eigenvalue weighted by Crippen LogP contribution is 2.19. The highest BCUT2D eigenvalue weighted by Gasteiger charge is 2.14. The van der Waals surface area contributed by atoms with Crippen LogP contribution in [0.15, 0.2) is 18.3 Å². The van der Waals surface area contributed by atoms with Crippen LogP contribution in [0.4, 0.5) is 11.5 Å². The van der Waals surface area contributed by atoms with Crippen LogP contribution in [0.5, 0.6) is 0 Å². The Morgan fingerprint density at radius 1 is 1.50 bits per heavy atom. The van der Waals surface area contributed by atoms with Gasteiger partial charge in [0.15, 0.2) is 0 Å². The first-order chi connectivity index (χ1) is 8.77. The van der Waals surface area contributed by atoms with Crippen LogP contribution in [0, 0.1) is 10.1 Å². The highest BCUT2D eigenvalue weighted by molar-refractivity contribution is 5.56. The summed E-state index contributed by atoms with van der Waals surface area (Å²) < 4.78 is 5.25. The van der Waals surface area contributed by atoms with E-state index in [9.17, 15) is 10.1 Å². The van der Waals surface area contributed by atoms with E-state index in [2.05, 4.69) is 15.2 Å². The molecule has 2 rings (SSSR count). The summed E-state index contributed by atoms with van der Waals surface area (Å²) in [6.07, 6.45) is 1.42. The minimum atomic E-state index is -0.475. The van der Waals surface area contributed by atoms with Gasteiger partial charge in [-0.2, -0.15) is 0 Å². The number of morpholine rings is 1. The molecule has 0 unspecified atom stereocenters. The average Bonchev–Trinajstić information content (AvgIpc) is 2.40. The zero-order valence-corrected chi connectivity index (χ0v) is 10.0. The number of nitrogens with zero attached hydrogens (tertiary/aromatic N) is 3. The fraction of sp³-hybridized carbons (Fsp3) is 0.545. The fourth-order valence-electron chi connectivity index (χ4n) is 1.85. The van der Waals surface area contributed by atoms with E-state index in [1.54, 1.807) is 12.1 Å². The van der Waals surface area contributed by atoms with Crippen molar-refractivity contribution in [2.45, 2.75) is 0 Å². The maximum absolute atomic E-state index is 10.8. The molecule has 0 radical (unpaired) electrons. The standard InChI is InChI=1S/C11H16N4O3/c16-15(17)11-10(2-1-3-13-11)12-4-5-14-6-8-18-9-7-14/h1-3,12H,4-9H2. The van der Waals surface area contributed by atoms with Gasteiger partial charge in [0.05, 0.1) is 13.2 Å². The summed E-state index contributed by atoms with van der Waals surface area (Å²) in [5, 5.41) is 13.8. The van der Waals surface area contributed by atoms with Crippen molar-refractivity contribution in [1.82, 2.24) is 9.88 Å². The summed E-state index contributed by atoms with van der Waals surface area (Å²) in [6.45, 7) is 4.84. The fourth-order valence-corrected chi connectivity index (χ4v) is 1.85. The molecule has 0 atom stereocenters. The largest absolute Gasteiger partial charge is 0.386 e. The van der Waals surface area contributed by atoms with Gasteiger partial charge in [-0.25, -0.2) is 0 Å². The number of nitrogens with one attached hydrogen (secondary N) is 1. The van der Waals surface area contributed by atoms with Crippen LogP contribution in [0.25, 0.3) is 0 Å². The second kappa shape index (κ2) is 6.27. The lowest BCUT2D eigenvalue weighted by molar-refractivity contribution is -0.388. The van der Waals surface area contributed by atoms with Crippen LogP contribution in [0.1, 0.15) is 0 Å². The summed E-state index contributed by atoms with van der Waals surface area (Å²) >= 11 is 0. The van der Waals surface area contributed by atoms with Crippen molar-refractivity contribution in [3.8, 4) is 0 Å². The Morgan fingerprint density at radius 3 is 3.00 bits per heavy atom. The van der Waals surface area contributed by atoms with Crippen molar-refractivity contribution in [3.63, 3.8) is 0 Å². The first-order valence-corrected chi connectivity index (χ1v) is 5.91. The molecule has 1 N–H and O–H groups in total. The minimum Gasteiger partial charge on any atom is -0.379 e. The molecular weight excluding hydrogens is 236 g/mol. The molecule has 1 aromatic rings. The zero-order chi connectivity index (χ0) is 12.8. The van der Waals surface area contributed by atoms with Crippen molar-refractivity contribution in [3.05, 3.63) is 28.4 Å². The lowest BCUT2D eigenvalue weighted by atomic mass is 10.3. The molecule has 0 saturated carbocycles. The van der Waals surface area contributed by atoms with Gasteiger partial charge in [-0.1, -0.05) is 0 Å². The van der Waals surface area contributed by atoms with Crippen molar-refractivity contribution in [2.75, 3.05) is 44.7 Å². The van der Waals surface area contributed by atoms with Crippen molar-refractivity contribution in [2.24, 2.45) is 0 Å². The molecule has 0 spiro atoms. The summed E-state index contributed by atoms with van der Waals surface area (Å²) in [7, 11) is 0. The third kappa shape index (κ3) is 3.38. The van der Waals surface area contributed by atoms with Gasteiger partial charge in [-0.05, 0) is 22.0 Å². The Labute approximate surface area is 105 Å². The van der Waals surface area contributed by atoms with E-state index in [1.807, 2.05) is 0 Å². The lowest BCUT2D eigenvalue weighted by Crippen LogP contribution is -2.39. The molecule has 1 aliphatic rings. The third-order valence-electron chi connectivity index (χ3n) is 2.81. The summed E-state index contributed by atoms with van der Waals surface area (Å²) in [6, 6.07) is 3.36. The maximum atomic E-state index is 10.8. The van der Waals surface area contributed by atoms with Gasteiger partial charge in [0.25, 0.3) is 0 Å². The van der Waals surface area contributed by atoms with Gasteiger partial charge in [0.1, 0.15) is 11.9 Å². The number of hydrogen-bond acceptors (Lipinski definition) is 6. The smallest absolute Gasteiger partial charge is 0.379 e. The molecule has 7 heteroatoms. The normalized spacial score (nSPS) is 16.4. The van der Waals surface area contributed by atoms with Gasteiger partial charge in [-0.15, -0.1) is 0 Å². The number of pyridine rings is 1. The van der Waals surface area contributed by atoms with E-state index in [4.69, 9.17) is 4.74 Å². The molecular formula is C11H16N4O3. The third-order valence-corrected chi connectivity index (χ3v) is 2.81. The van der Waals surface area contributed by atoms with E-state index in [-0.39, 0.29) is 5.82 Å². The first kappa shape index (κ1) is 12.7. The predicted octanol–water partition coefficient (Wildman–Crippen LogP) is 0.734. The molecule has 98 valence electrons. The van der Waals surface area contributed by atoms with Gasteiger partial charge in [0.2, 0.25) is 0 Å². The Balaban J connectivity index is 1.84. The molecule has 18 heavy (non-hydrogen) atoms. The Hall–Kier alpha value is -1.73. The first-order valence-electron chi connectivity index (χ1n) is 5.91. The number of ether oxygens (including phenoxy) is 1. The van der Waals surface area contributed by atoms with Crippen LogP contribution in [-0.4, -0.2) is 54.2 Å². The number of aromatic nitrogens is 1. The van der Waals surface area contributed by atoms with Crippen molar-refractivity contribution in [1.29, 1.82) is 0 Å². The maximum Gasteiger partial charge on any atom is 0.386 e. The molecule has 1 saturated heterocycles. The molecule has 0 aliphatic carbocycles. The van der Waals surface area contributed by atoms with Gasteiger partial charge < -0.3 is 20.2 Å². The minimum absolute atomic E-state index is 0.125. The quantitative estimate of drug-likeness (QED) is 0.614. The van der Waals surface area contributed by atoms with Crippen LogP contribution in [-0.2, 0) is 4.74 Å². The van der Waals surface area contributed by atoms with Gasteiger partial charge in [0, 0.05) is 26.2 Å². The highest BCUT2D eigenvalue weighted by atomic mass is 16.6. The number of hydrogen-bond donors (Lipinski definition) is 1. The molecule has 1 aromatic heterocycles. The van der Waals surface area contributed by atoms with Gasteiger partial charge >= 0.3 is 5.82 Å². The Morgan fingerprint density at radius 2 is 2.28 bits per heavy atom. The molecule has 0 bridgehead atoms. The molecule has 1 aliphatic heterocycles. The Kier molecular flexibility index (Phi) is 4.43. The van der Waals surface area contributed by atoms with E-state index in [1.165, 1.54) is 6.20 Å². The Bertz CT molecular complexity index is 407. The molecule has 0 amide bonds. The summed E-state index contributed by atoms with van der Waals surface area (Å²) in [5.41, 5.74) is 0.468. The van der Waals surface area contributed by atoms with E-state index >= 15 is 0 Å². The zero-order valence-electron chi connectivity index (χ0n) is 10.0. The topological polar surface area (TPSA) is 80.5 Å². The van der Waals surface area contributed by atoms with Gasteiger partial charge in [-0.3, -0.25) is 4.90 Å². The van der Waals surface area contributed by atoms with Crippen molar-refractivity contribution < 1.29 is 9.66 Å². The van der Waals surface area contributed by atoms with E-state index in [0.717, 1.165) is 32.8 Å². The summed E-state index contributed by atoms with van der Waals surface area (Å²) in [4.78, 5) is 16.3. The van der Waals surface area contributed by atoms with E-state index in [0.29, 0.717) is 12.2 Å². The second-order valence-corrected chi connectivity index (χ2v) is 4.01. The van der Waals surface area contributed by atoms with Crippen LogP contribution < -0.4 is 5.32 Å². The van der Waals surface area contributed by atoms with Crippen LogP contribution in [0.3, 0.4) is 0 Å². The lowest BCUT2D eigenvalue weighted by Gasteiger charge is -2.26. The molecule has 7 nitrogen and oxygen atoms in total. The van der Waals surface area contributed by atoms with Crippen LogP contribution in [0.2, 0.25) is 0 Å². The number of nitro groups is 1. The SMILES string of the molecule is O=[N+]([O-])c1ncccc1NCCN1CCOCC1. The number of anilines is 1. The molecule has 0 aromatic carbocycles. The average molecular weight is 252 g/mol. The predicted molar refractivity (Wildman–Crippen MR) is 66.6 cm³/mol. The summed E-state index contributed by atoms with van der Waals surface area (Å²) in [5.74, 6) is -0.125. The molecule has 2 heterocycles. The monoisotopic (exact) mass is 252 g/mol. The number of rotatable bonds is 5. The molecule has 1 fully saturated rings. The van der Waals surface area contributed by atoms with Crippen molar-refractivity contribution >= 4 is 11.5 Å². The second-order valence-electron chi connectivity index (χ2n) is 4.01. The van der Waals surface area contributed by atoms with Crippen LogP contribution >= 0.6 is 0 Å². The van der Waals surface area contributed by atoms with E-state index < -0.39 is 4.92 Å².